The molecule has 1 saturated heterocycles. The SMILES string of the molecule is COc1cn(-c2ccccc2)nc1C(=O)NCc1ccc(N2CCNC(=O)C2)cc1. The lowest BCUT2D eigenvalue weighted by Crippen LogP contribution is -2.47. The molecule has 154 valence electrons. The molecule has 0 spiro atoms. The van der Waals surface area contributed by atoms with E-state index in [9.17, 15) is 9.59 Å². The molecule has 2 heterocycles. The molecular weight excluding hydrogens is 382 g/mol. The summed E-state index contributed by atoms with van der Waals surface area (Å²) in [5.41, 5.74) is 3.02. The molecule has 8 nitrogen and oxygen atoms in total. The van der Waals surface area contributed by atoms with Crippen molar-refractivity contribution in [2.75, 3.05) is 31.6 Å². The van der Waals surface area contributed by atoms with E-state index in [1.807, 2.05) is 59.5 Å². The van der Waals surface area contributed by atoms with Crippen LogP contribution in [0.1, 0.15) is 16.1 Å². The highest BCUT2D eigenvalue weighted by Gasteiger charge is 2.19. The number of carbonyl (C=O) groups is 2. The smallest absolute Gasteiger partial charge is 0.275 e. The van der Waals surface area contributed by atoms with Crippen molar-refractivity contribution in [1.82, 2.24) is 20.4 Å². The summed E-state index contributed by atoms with van der Waals surface area (Å²) >= 11 is 0. The average molecular weight is 405 g/mol. The Bertz CT molecular complexity index is 1030. The zero-order valence-corrected chi connectivity index (χ0v) is 16.7. The van der Waals surface area contributed by atoms with Crippen LogP contribution in [-0.2, 0) is 11.3 Å². The normalized spacial score (nSPS) is 13.6. The Kier molecular flexibility index (Phi) is 5.65. The molecule has 0 saturated carbocycles. The summed E-state index contributed by atoms with van der Waals surface area (Å²) in [7, 11) is 1.52. The molecule has 2 N–H and O–H groups in total. The van der Waals surface area contributed by atoms with Crippen molar-refractivity contribution in [1.29, 1.82) is 0 Å². The van der Waals surface area contributed by atoms with Crippen molar-refractivity contribution in [3.05, 3.63) is 72.1 Å². The topological polar surface area (TPSA) is 88.5 Å². The predicted octanol–water partition coefficient (Wildman–Crippen LogP) is 1.75. The number of methoxy groups -OCH3 is 1. The van der Waals surface area contributed by atoms with Crippen LogP contribution in [0.15, 0.2) is 60.8 Å². The first-order valence-electron chi connectivity index (χ1n) is 9.72. The van der Waals surface area contributed by atoms with Crippen LogP contribution in [0.2, 0.25) is 0 Å². The zero-order chi connectivity index (χ0) is 20.9. The second-order valence-corrected chi connectivity index (χ2v) is 6.95. The Balaban J connectivity index is 1.41. The number of para-hydroxylation sites is 1. The first kappa shape index (κ1) is 19.5. The third kappa shape index (κ3) is 4.27. The number of ether oxygens (including phenoxy) is 1. The molecule has 30 heavy (non-hydrogen) atoms. The number of amides is 2. The highest BCUT2D eigenvalue weighted by atomic mass is 16.5. The maximum absolute atomic E-state index is 12.7. The van der Waals surface area contributed by atoms with Gasteiger partial charge in [-0.3, -0.25) is 9.59 Å². The zero-order valence-electron chi connectivity index (χ0n) is 16.7. The molecule has 3 aromatic rings. The van der Waals surface area contributed by atoms with E-state index in [0.717, 1.165) is 23.5 Å². The van der Waals surface area contributed by atoms with Crippen molar-refractivity contribution in [2.45, 2.75) is 6.54 Å². The van der Waals surface area contributed by atoms with Gasteiger partial charge in [-0.2, -0.15) is 5.10 Å². The van der Waals surface area contributed by atoms with E-state index in [4.69, 9.17) is 4.74 Å². The van der Waals surface area contributed by atoms with Crippen LogP contribution in [0.25, 0.3) is 5.69 Å². The number of rotatable bonds is 6. The van der Waals surface area contributed by atoms with Crippen LogP contribution in [0.5, 0.6) is 5.75 Å². The molecule has 1 fully saturated rings. The van der Waals surface area contributed by atoms with Gasteiger partial charge in [0.2, 0.25) is 5.91 Å². The molecule has 0 bridgehead atoms. The molecule has 2 aromatic carbocycles. The largest absolute Gasteiger partial charge is 0.493 e. The number of piperazine rings is 1. The van der Waals surface area contributed by atoms with Gasteiger partial charge in [0.1, 0.15) is 0 Å². The Labute approximate surface area is 174 Å². The number of carbonyl (C=O) groups excluding carboxylic acids is 2. The van der Waals surface area contributed by atoms with Gasteiger partial charge < -0.3 is 20.3 Å². The maximum atomic E-state index is 12.7. The van der Waals surface area contributed by atoms with Gasteiger partial charge in [-0.25, -0.2) is 4.68 Å². The molecule has 0 atom stereocenters. The van der Waals surface area contributed by atoms with Gasteiger partial charge in [-0.05, 0) is 29.8 Å². The monoisotopic (exact) mass is 405 g/mol. The average Bonchev–Trinajstić information content (AvgIpc) is 3.23. The van der Waals surface area contributed by atoms with Gasteiger partial charge in [-0.1, -0.05) is 30.3 Å². The fourth-order valence-electron chi connectivity index (χ4n) is 3.33. The highest BCUT2D eigenvalue weighted by molar-refractivity contribution is 5.94. The molecule has 2 amide bonds. The van der Waals surface area contributed by atoms with Gasteiger partial charge in [0.25, 0.3) is 5.91 Å². The number of hydrogen-bond donors (Lipinski definition) is 2. The number of aromatic nitrogens is 2. The first-order valence-corrected chi connectivity index (χ1v) is 9.72. The molecule has 4 rings (SSSR count). The standard InChI is InChI=1S/C22H23N5O3/c1-30-19-14-27(18-5-3-2-4-6-18)25-21(19)22(29)24-13-16-7-9-17(10-8-16)26-12-11-23-20(28)15-26/h2-10,14H,11-13,15H2,1H3,(H,23,28)(H,24,29). The number of nitrogens with one attached hydrogen (secondary N) is 2. The van der Waals surface area contributed by atoms with Crippen LogP contribution in [0.3, 0.4) is 0 Å². The summed E-state index contributed by atoms with van der Waals surface area (Å²) in [5.74, 6) is 0.134. The van der Waals surface area contributed by atoms with E-state index < -0.39 is 0 Å². The quantitative estimate of drug-likeness (QED) is 0.652. The summed E-state index contributed by atoms with van der Waals surface area (Å²) in [4.78, 5) is 26.3. The van der Waals surface area contributed by atoms with Crippen LogP contribution < -0.4 is 20.3 Å². The fraction of sp³-hybridized carbons (Fsp3) is 0.227. The summed E-state index contributed by atoms with van der Waals surface area (Å²) in [5, 5.41) is 10.1. The fourth-order valence-corrected chi connectivity index (χ4v) is 3.33. The molecule has 1 aliphatic rings. The number of anilines is 1. The molecule has 0 radical (unpaired) electrons. The van der Waals surface area contributed by atoms with Gasteiger partial charge in [0.05, 0.1) is 25.5 Å². The number of nitrogens with zero attached hydrogens (tertiary/aromatic N) is 3. The Hall–Kier alpha value is -3.81. The molecule has 8 heteroatoms. The van der Waals surface area contributed by atoms with Crippen LogP contribution >= 0.6 is 0 Å². The van der Waals surface area contributed by atoms with Crippen LogP contribution in [0.4, 0.5) is 5.69 Å². The number of benzene rings is 2. The molecule has 1 aliphatic heterocycles. The van der Waals surface area contributed by atoms with E-state index >= 15 is 0 Å². The van der Waals surface area contributed by atoms with Gasteiger partial charge >= 0.3 is 0 Å². The van der Waals surface area contributed by atoms with Crippen molar-refractivity contribution in [2.24, 2.45) is 0 Å². The molecule has 0 unspecified atom stereocenters. The maximum Gasteiger partial charge on any atom is 0.275 e. The van der Waals surface area contributed by atoms with Crippen molar-refractivity contribution in [3.63, 3.8) is 0 Å². The Morgan fingerprint density at radius 2 is 1.90 bits per heavy atom. The Morgan fingerprint density at radius 1 is 1.13 bits per heavy atom. The van der Waals surface area contributed by atoms with Crippen molar-refractivity contribution < 1.29 is 14.3 Å². The third-order valence-corrected chi connectivity index (χ3v) is 4.93. The summed E-state index contributed by atoms with van der Waals surface area (Å²) in [6.45, 7) is 2.15. The van der Waals surface area contributed by atoms with Crippen molar-refractivity contribution in [3.8, 4) is 11.4 Å². The summed E-state index contributed by atoms with van der Waals surface area (Å²) < 4.78 is 6.95. The lowest BCUT2D eigenvalue weighted by molar-refractivity contribution is -0.120. The minimum Gasteiger partial charge on any atom is -0.493 e. The van der Waals surface area contributed by atoms with E-state index in [0.29, 0.717) is 25.4 Å². The molecule has 1 aromatic heterocycles. The van der Waals surface area contributed by atoms with Gasteiger partial charge in [0, 0.05) is 25.3 Å². The molecular formula is C22H23N5O3. The Morgan fingerprint density at radius 3 is 2.60 bits per heavy atom. The summed E-state index contributed by atoms with van der Waals surface area (Å²) in [6.07, 6.45) is 1.69. The minimum atomic E-state index is -0.307. The van der Waals surface area contributed by atoms with Gasteiger partial charge in [-0.15, -0.1) is 0 Å². The third-order valence-electron chi connectivity index (χ3n) is 4.93. The minimum absolute atomic E-state index is 0.0291. The predicted molar refractivity (Wildman–Crippen MR) is 113 cm³/mol. The first-order chi connectivity index (χ1) is 14.6. The van der Waals surface area contributed by atoms with Crippen LogP contribution in [0, 0.1) is 0 Å². The van der Waals surface area contributed by atoms with Crippen molar-refractivity contribution >= 4 is 17.5 Å². The number of hydrogen-bond acceptors (Lipinski definition) is 5. The van der Waals surface area contributed by atoms with E-state index in [1.54, 1.807) is 10.9 Å². The molecule has 0 aliphatic carbocycles. The second-order valence-electron chi connectivity index (χ2n) is 6.95. The highest BCUT2D eigenvalue weighted by Crippen LogP contribution is 2.20. The summed E-state index contributed by atoms with van der Waals surface area (Å²) in [6, 6.07) is 17.4. The second kappa shape index (κ2) is 8.69. The van der Waals surface area contributed by atoms with E-state index in [1.165, 1.54) is 7.11 Å². The van der Waals surface area contributed by atoms with E-state index in [2.05, 4.69) is 15.7 Å². The lowest BCUT2D eigenvalue weighted by Gasteiger charge is -2.28. The lowest BCUT2D eigenvalue weighted by atomic mass is 10.1. The van der Waals surface area contributed by atoms with Crippen LogP contribution in [-0.4, -0.2) is 48.3 Å². The van der Waals surface area contributed by atoms with Gasteiger partial charge in [0.15, 0.2) is 11.4 Å². The van der Waals surface area contributed by atoms with E-state index in [-0.39, 0.29) is 17.5 Å².